The number of fused-ring (bicyclic) bond motifs is 6. The Bertz CT molecular complexity index is 1310. The van der Waals surface area contributed by atoms with E-state index in [9.17, 15) is 9.59 Å². The maximum absolute atomic E-state index is 12.5. The van der Waals surface area contributed by atoms with Crippen LogP contribution in [0.2, 0.25) is 0 Å². The predicted molar refractivity (Wildman–Crippen MR) is 138 cm³/mol. The molecule has 0 saturated heterocycles. The number of aldehydes is 1. The lowest BCUT2D eigenvalue weighted by atomic mass is 9.47. The summed E-state index contributed by atoms with van der Waals surface area (Å²) in [5.41, 5.74) is 5.52. The first-order valence-corrected chi connectivity index (χ1v) is 13.4. The lowest BCUT2D eigenvalue weighted by molar-refractivity contribution is -0.148. The largest absolute Gasteiger partial charge is 0.497 e. The van der Waals surface area contributed by atoms with Gasteiger partial charge in [-0.15, -0.1) is 0 Å². The number of imidazole rings is 1. The van der Waals surface area contributed by atoms with E-state index in [1.54, 1.807) is 7.11 Å². The average Bonchev–Trinajstić information content (AvgIpc) is 3.40. The highest BCUT2D eigenvalue weighted by Crippen LogP contribution is 2.66. The van der Waals surface area contributed by atoms with Crippen molar-refractivity contribution in [2.75, 3.05) is 7.11 Å². The number of nitrogens with zero attached hydrogens (tertiary/aromatic N) is 2. The molecule has 190 valence electrons. The molecule has 0 aliphatic heterocycles. The van der Waals surface area contributed by atoms with Crippen LogP contribution in [0.5, 0.6) is 5.75 Å². The molecule has 0 radical (unpaired) electrons. The van der Waals surface area contributed by atoms with Crippen LogP contribution in [-0.4, -0.2) is 35.0 Å². The molecule has 1 aromatic carbocycles. The minimum absolute atomic E-state index is 0.0140. The predicted octanol–water partition coefficient (Wildman–Crippen LogP) is 5.96. The molecule has 6 rings (SSSR count). The van der Waals surface area contributed by atoms with E-state index in [4.69, 9.17) is 9.47 Å². The number of allylic oxidation sites excluding steroid dienone is 3. The van der Waals surface area contributed by atoms with Crippen molar-refractivity contribution in [1.29, 1.82) is 0 Å². The van der Waals surface area contributed by atoms with E-state index in [1.807, 2.05) is 24.5 Å². The summed E-state index contributed by atoms with van der Waals surface area (Å²) in [7, 11) is 1.68. The minimum Gasteiger partial charge on any atom is -0.497 e. The molecule has 0 amide bonds. The average molecular weight is 489 g/mol. The summed E-state index contributed by atoms with van der Waals surface area (Å²) in [4.78, 5) is 28.7. The fourth-order valence-electron chi connectivity index (χ4n) is 8.48. The first-order chi connectivity index (χ1) is 17.3. The first-order valence-electron chi connectivity index (χ1n) is 13.4. The number of esters is 1. The van der Waals surface area contributed by atoms with Gasteiger partial charge in [0.1, 0.15) is 24.5 Å². The monoisotopic (exact) mass is 488 g/mol. The van der Waals surface area contributed by atoms with Crippen LogP contribution in [0.15, 0.2) is 41.7 Å². The second-order valence-electron chi connectivity index (χ2n) is 11.9. The highest BCUT2D eigenvalue weighted by atomic mass is 16.5. The Morgan fingerprint density at radius 3 is 2.69 bits per heavy atom. The molecule has 0 spiro atoms. The third-order valence-corrected chi connectivity index (χ3v) is 10.2. The molecule has 0 unspecified atom stereocenters. The van der Waals surface area contributed by atoms with Gasteiger partial charge in [0.05, 0.1) is 18.1 Å². The van der Waals surface area contributed by atoms with Crippen molar-refractivity contribution in [2.45, 2.75) is 71.8 Å². The van der Waals surface area contributed by atoms with Gasteiger partial charge in [0.25, 0.3) is 0 Å². The van der Waals surface area contributed by atoms with E-state index < -0.39 is 0 Å². The molecule has 1 heterocycles. The molecule has 4 aliphatic rings. The Hall–Kier alpha value is -2.89. The third-order valence-electron chi connectivity index (χ3n) is 10.2. The Morgan fingerprint density at radius 2 is 1.94 bits per heavy atom. The van der Waals surface area contributed by atoms with E-state index in [0.717, 1.165) is 79.3 Å². The third kappa shape index (κ3) is 3.32. The van der Waals surface area contributed by atoms with Gasteiger partial charge in [0, 0.05) is 36.1 Å². The van der Waals surface area contributed by atoms with Crippen molar-refractivity contribution >= 4 is 29.0 Å². The molecule has 0 N–H and O–H groups in total. The summed E-state index contributed by atoms with van der Waals surface area (Å²) in [6.45, 7) is 6.34. The van der Waals surface area contributed by atoms with Gasteiger partial charge in [-0.05, 0) is 73.8 Å². The summed E-state index contributed by atoms with van der Waals surface area (Å²) in [5, 5.41) is 0. The van der Waals surface area contributed by atoms with Crippen LogP contribution in [0, 0.1) is 28.6 Å². The number of ether oxygens (including phenoxy) is 2. The minimum atomic E-state index is -0.179. The van der Waals surface area contributed by atoms with Gasteiger partial charge in [-0.1, -0.05) is 25.5 Å². The van der Waals surface area contributed by atoms with E-state index in [0.29, 0.717) is 17.8 Å². The summed E-state index contributed by atoms with van der Waals surface area (Å²) >= 11 is 0. The van der Waals surface area contributed by atoms with Gasteiger partial charge in [-0.3, -0.25) is 9.59 Å². The maximum atomic E-state index is 12.5. The maximum Gasteiger partial charge on any atom is 0.302 e. The number of rotatable bonds is 4. The molecule has 36 heavy (non-hydrogen) atoms. The summed E-state index contributed by atoms with van der Waals surface area (Å²) in [5.74, 6) is 2.18. The van der Waals surface area contributed by atoms with Gasteiger partial charge >= 0.3 is 5.97 Å². The SMILES string of the molecule is COc1ccc2ncn(C3=C(C=O)C[C@H]4[C@@H]5CC=C6C[C@@H](OC(C)=O)CC[C@]6(C)[C@H]5CC[C@]34C)c2c1. The van der Waals surface area contributed by atoms with Crippen LogP contribution in [-0.2, 0) is 14.3 Å². The van der Waals surface area contributed by atoms with Crippen molar-refractivity contribution in [3.05, 3.63) is 41.7 Å². The smallest absolute Gasteiger partial charge is 0.302 e. The quantitative estimate of drug-likeness (QED) is 0.302. The summed E-state index contributed by atoms with van der Waals surface area (Å²) in [6.07, 6.45) is 12.4. The van der Waals surface area contributed by atoms with E-state index >= 15 is 0 Å². The molecule has 2 saturated carbocycles. The molecule has 1 aromatic heterocycles. The molecule has 4 aliphatic carbocycles. The van der Waals surface area contributed by atoms with Crippen LogP contribution >= 0.6 is 0 Å². The van der Waals surface area contributed by atoms with Crippen molar-refractivity contribution < 1.29 is 19.1 Å². The molecule has 0 bridgehead atoms. The lowest BCUT2D eigenvalue weighted by Crippen LogP contribution is -2.50. The Balaban J connectivity index is 1.36. The van der Waals surface area contributed by atoms with Gasteiger partial charge in [0.15, 0.2) is 0 Å². The molecule has 6 atom stereocenters. The molecule has 6 nitrogen and oxygen atoms in total. The van der Waals surface area contributed by atoms with Crippen LogP contribution in [0.25, 0.3) is 16.7 Å². The molecule has 6 heteroatoms. The number of aromatic nitrogens is 2. The number of carbonyl (C=O) groups excluding carboxylic acids is 2. The Morgan fingerprint density at radius 1 is 1.14 bits per heavy atom. The number of hydrogen-bond acceptors (Lipinski definition) is 5. The van der Waals surface area contributed by atoms with Crippen LogP contribution < -0.4 is 4.74 Å². The summed E-state index contributed by atoms with van der Waals surface area (Å²) < 4.78 is 13.3. The normalized spacial score (nSPS) is 35.5. The summed E-state index contributed by atoms with van der Waals surface area (Å²) in [6, 6.07) is 5.94. The number of hydrogen-bond donors (Lipinski definition) is 0. The van der Waals surface area contributed by atoms with Crippen LogP contribution in [0.4, 0.5) is 0 Å². The topological polar surface area (TPSA) is 70.4 Å². The van der Waals surface area contributed by atoms with Crippen LogP contribution in [0.3, 0.4) is 0 Å². The van der Waals surface area contributed by atoms with Gasteiger partial charge in [0.2, 0.25) is 0 Å². The molecular formula is C30H36N2O4. The first kappa shape index (κ1) is 23.5. The standard InChI is InChI=1S/C30H36N2O4/c1-18(34)36-22-9-11-29(2)20(14-22)5-7-23-24(29)10-12-30(3)25(23)13-19(16-33)28(30)32-17-31-26-8-6-21(35-4)15-27(26)32/h5-6,8,15-17,22-25H,7,9-14H2,1-4H3/t22-,23+,24-,25-,29-,30-/m0/s1. The molecular weight excluding hydrogens is 452 g/mol. The number of carbonyl (C=O) groups is 2. The molecule has 2 aromatic rings. The van der Waals surface area contributed by atoms with Crippen molar-refractivity contribution in [2.24, 2.45) is 28.6 Å². The van der Waals surface area contributed by atoms with E-state index in [1.165, 1.54) is 12.5 Å². The highest BCUT2D eigenvalue weighted by molar-refractivity contribution is 5.90. The highest BCUT2D eigenvalue weighted by Gasteiger charge is 2.58. The van der Waals surface area contributed by atoms with Crippen molar-refractivity contribution in [3.63, 3.8) is 0 Å². The number of methoxy groups -OCH3 is 1. The fourth-order valence-corrected chi connectivity index (χ4v) is 8.48. The van der Waals surface area contributed by atoms with Crippen molar-refractivity contribution in [3.8, 4) is 5.75 Å². The van der Waals surface area contributed by atoms with Gasteiger partial charge in [-0.2, -0.15) is 0 Å². The fraction of sp³-hybridized carbons (Fsp3) is 0.567. The number of benzene rings is 1. The second kappa shape index (κ2) is 8.32. The zero-order valence-electron chi connectivity index (χ0n) is 21.8. The second-order valence-corrected chi connectivity index (χ2v) is 11.9. The molecule has 2 fully saturated rings. The van der Waals surface area contributed by atoms with Crippen molar-refractivity contribution in [1.82, 2.24) is 9.55 Å². The Labute approximate surface area is 212 Å². The van der Waals surface area contributed by atoms with Gasteiger partial charge < -0.3 is 14.0 Å². The lowest BCUT2D eigenvalue weighted by Gasteiger charge is -2.57. The Kier molecular flexibility index (Phi) is 5.43. The van der Waals surface area contributed by atoms with E-state index in [-0.39, 0.29) is 22.9 Å². The zero-order chi connectivity index (χ0) is 25.2. The van der Waals surface area contributed by atoms with Gasteiger partial charge in [-0.25, -0.2) is 4.98 Å². The van der Waals surface area contributed by atoms with Crippen LogP contribution in [0.1, 0.15) is 65.7 Å². The van der Waals surface area contributed by atoms with E-state index in [2.05, 4.69) is 29.5 Å². The zero-order valence-corrected chi connectivity index (χ0v) is 21.8.